The zero-order valence-electron chi connectivity index (χ0n) is 18.4. The smallest absolute Gasteiger partial charge is 0.268 e. The minimum Gasteiger partial charge on any atom is -0.268 e. The summed E-state index contributed by atoms with van der Waals surface area (Å²) >= 11 is 0. The van der Waals surface area contributed by atoms with Crippen molar-refractivity contribution < 1.29 is 39.5 Å². The van der Waals surface area contributed by atoms with Crippen LogP contribution in [0, 0.1) is 0 Å². The summed E-state index contributed by atoms with van der Waals surface area (Å²) in [4.78, 5) is 17.7. The van der Waals surface area contributed by atoms with Crippen molar-refractivity contribution in [3.8, 4) is 5.69 Å². The zero-order valence-corrected chi connectivity index (χ0v) is 18.4. The average molecular weight is 530 g/mol. The first-order valence-electron chi connectivity index (χ1n) is 10.6. The topological polar surface area (TPSA) is 34.9 Å². The molecule has 37 heavy (non-hydrogen) atoms. The normalized spacial score (nSPS) is 12.9. The van der Waals surface area contributed by atoms with Crippen molar-refractivity contribution in [3.05, 3.63) is 106 Å². The number of halogens is 9. The zero-order chi connectivity index (χ0) is 27.2. The lowest BCUT2D eigenvalue weighted by Crippen LogP contribution is -2.34. The van der Waals surface area contributed by atoms with Crippen LogP contribution >= 0.6 is 0 Å². The molecule has 0 amide bonds. The Balaban J connectivity index is 1.82. The van der Waals surface area contributed by atoms with Gasteiger partial charge in [-0.3, -0.25) is 9.36 Å². The van der Waals surface area contributed by atoms with E-state index in [1.807, 2.05) is 0 Å². The molecule has 0 atom stereocenters. The number of benzene rings is 3. The van der Waals surface area contributed by atoms with Gasteiger partial charge in [-0.05, 0) is 47.5 Å². The molecule has 4 rings (SSSR count). The summed E-state index contributed by atoms with van der Waals surface area (Å²) in [5, 5.41) is 0.131. The number of alkyl halides is 9. The maximum absolute atomic E-state index is 13.3. The molecule has 0 aliphatic rings. The monoisotopic (exact) mass is 530 g/mol. The van der Waals surface area contributed by atoms with Crippen molar-refractivity contribution in [2.24, 2.45) is 0 Å². The number of hydrogen-bond acceptors (Lipinski definition) is 2. The van der Waals surface area contributed by atoms with Gasteiger partial charge >= 0.3 is 18.5 Å². The summed E-state index contributed by atoms with van der Waals surface area (Å²) in [6, 6.07) is 13.3. The fourth-order valence-electron chi connectivity index (χ4n) is 3.94. The summed E-state index contributed by atoms with van der Waals surface area (Å²) < 4.78 is 118. The predicted molar refractivity (Wildman–Crippen MR) is 116 cm³/mol. The SMILES string of the molecule is O=c1c2ccccc2nc(Cc2ccc(C(F)(F)F)cc2)n1-c1ccc(C(C(F)(F)F)C(F)(F)F)cc1. The molecule has 0 unspecified atom stereocenters. The van der Waals surface area contributed by atoms with Gasteiger partial charge in [0.15, 0.2) is 5.92 Å². The van der Waals surface area contributed by atoms with E-state index in [0.717, 1.165) is 28.8 Å². The second-order valence-corrected chi connectivity index (χ2v) is 8.16. The van der Waals surface area contributed by atoms with Gasteiger partial charge in [-0.15, -0.1) is 0 Å². The van der Waals surface area contributed by atoms with Gasteiger partial charge in [0.1, 0.15) is 5.82 Å². The van der Waals surface area contributed by atoms with E-state index in [2.05, 4.69) is 4.98 Å². The molecule has 0 bridgehead atoms. The van der Waals surface area contributed by atoms with Crippen molar-refractivity contribution in [2.75, 3.05) is 0 Å². The van der Waals surface area contributed by atoms with E-state index in [9.17, 15) is 44.3 Å². The first kappa shape index (κ1) is 26.2. The molecule has 0 fully saturated rings. The quantitative estimate of drug-likeness (QED) is 0.262. The number of para-hydroxylation sites is 1. The average Bonchev–Trinajstić information content (AvgIpc) is 2.78. The third-order valence-electron chi connectivity index (χ3n) is 5.63. The third kappa shape index (κ3) is 5.47. The van der Waals surface area contributed by atoms with Crippen molar-refractivity contribution in [1.82, 2.24) is 9.55 Å². The molecular formula is C25H15F9N2O. The Kier molecular flexibility index (Phi) is 6.55. The Hall–Kier alpha value is -3.83. The van der Waals surface area contributed by atoms with Crippen LogP contribution in [0.5, 0.6) is 0 Å². The summed E-state index contributed by atoms with van der Waals surface area (Å²) in [6.45, 7) is 0. The van der Waals surface area contributed by atoms with Gasteiger partial charge in [0.25, 0.3) is 5.56 Å². The van der Waals surface area contributed by atoms with Gasteiger partial charge in [0.2, 0.25) is 0 Å². The Labute approximate surface area is 202 Å². The first-order chi connectivity index (χ1) is 17.2. The lowest BCUT2D eigenvalue weighted by molar-refractivity contribution is -0.253. The molecule has 3 nitrogen and oxygen atoms in total. The molecule has 3 aromatic carbocycles. The lowest BCUT2D eigenvalue weighted by Gasteiger charge is -2.23. The first-order valence-corrected chi connectivity index (χ1v) is 10.6. The van der Waals surface area contributed by atoms with Crippen molar-refractivity contribution >= 4 is 10.9 Å². The fraction of sp³-hybridized carbons (Fsp3) is 0.200. The van der Waals surface area contributed by atoms with Crippen LogP contribution in [0.25, 0.3) is 16.6 Å². The standard InChI is InChI=1S/C25H15F9N2O/c26-23(27,28)16-9-5-14(6-10-16)13-20-35-19-4-2-1-3-18(19)22(37)36(20)17-11-7-15(8-12-17)21(24(29,30)31)25(32,33)34/h1-12,21H,13H2. The number of hydrogen-bond donors (Lipinski definition) is 0. The highest BCUT2D eigenvalue weighted by molar-refractivity contribution is 5.77. The number of rotatable bonds is 4. The largest absolute Gasteiger partial charge is 0.416 e. The van der Waals surface area contributed by atoms with Gasteiger partial charge in [-0.1, -0.05) is 36.4 Å². The molecule has 1 heterocycles. The fourth-order valence-corrected chi connectivity index (χ4v) is 3.94. The predicted octanol–water partition coefficient (Wildman–Crippen LogP) is 7.20. The molecule has 0 N–H and O–H groups in total. The number of aromatic nitrogens is 2. The molecule has 0 radical (unpaired) electrons. The van der Waals surface area contributed by atoms with Crippen molar-refractivity contribution in [3.63, 3.8) is 0 Å². The van der Waals surface area contributed by atoms with E-state index in [4.69, 9.17) is 0 Å². The van der Waals surface area contributed by atoms with E-state index in [1.54, 1.807) is 12.1 Å². The maximum atomic E-state index is 13.3. The third-order valence-corrected chi connectivity index (χ3v) is 5.63. The van der Waals surface area contributed by atoms with Gasteiger partial charge < -0.3 is 0 Å². The summed E-state index contributed by atoms with van der Waals surface area (Å²) in [7, 11) is 0. The van der Waals surface area contributed by atoms with Gasteiger partial charge in [-0.2, -0.15) is 39.5 Å². The molecule has 1 aromatic heterocycles. The van der Waals surface area contributed by atoms with Crippen LogP contribution in [0.2, 0.25) is 0 Å². The number of fused-ring (bicyclic) bond motifs is 1. The maximum Gasteiger partial charge on any atom is 0.416 e. The van der Waals surface area contributed by atoms with E-state index >= 15 is 0 Å². The van der Waals surface area contributed by atoms with E-state index in [-0.39, 0.29) is 28.8 Å². The molecule has 0 saturated heterocycles. The van der Waals surface area contributed by atoms with E-state index < -0.39 is 41.1 Å². The Morgan fingerprint density at radius 2 is 1.30 bits per heavy atom. The summed E-state index contributed by atoms with van der Waals surface area (Å²) in [5.41, 5.74) is -2.05. The highest BCUT2D eigenvalue weighted by atomic mass is 19.4. The Morgan fingerprint density at radius 1 is 0.730 bits per heavy atom. The van der Waals surface area contributed by atoms with Crippen LogP contribution < -0.4 is 5.56 Å². The highest BCUT2D eigenvalue weighted by Crippen LogP contribution is 2.46. The second kappa shape index (κ2) is 9.24. The van der Waals surface area contributed by atoms with Gasteiger partial charge in [0.05, 0.1) is 22.2 Å². The molecule has 194 valence electrons. The van der Waals surface area contributed by atoms with Crippen LogP contribution in [-0.2, 0) is 12.6 Å². The minimum atomic E-state index is -5.59. The van der Waals surface area contributed by atoms with Crippen LogP contribution in [0.15, 0.2) is 77.6 Å². The van der Waals surface area contributed by atoms with E-state index in [1.165, 1.54) is 24.3 Å². The molecule has 0 saturated carbocycles. The molecule has 0 aliphatic heterocycles. The van der Waals surface area contributed by atoms with E-state index in [0.29, 0.717) is 17.7 Å². The van der Waals surface area contributed by atoms with Gasteiger partial charge in [-0.25, -0.2) is 4.98 Å². The molecule has 4 aromatic rings. The molecule has 0 spiro atoms. The second-order valence-electron chi connectivity index (χ2n) is 8.16. The van der Waals surface area contributed by atoms with Crippen LogP contribution in [0.4, 0.5) is 39.5 Å². The van der Waals surface area contributed by atoms with Crippen molar-refractivity contribution in [1.29, 1.82) is 0 Å². The molecule has 12 heteroatoms. The highest BCUT2D eigenvalue weighted by Gasteiger charge is 2.57. The summed E-state index contributed by atoms with van der Waals surface area (Å²) in [5.74, 6) is -3.69. The van der Waals surface area contributed by atoms with Gasteiger partial charge in [0, 0.05) is 6.42 Å². The van der Waals surface area contributed by atoms with Crippen LogP contribution in [0.3, 0.4) is 0 Å². The Bertz CT molecular complexity index is 1450. The molecular weight excluding hydrogens is 515 g/mol. The van der Waals surface area contributed by atoms with Crippen LogP contribution in [0.1, 0.15) is 28.4 Å². The van der Waals surface area contributed by atoms with Crippen LogP contribution in [-0.4, -0.2) is 21.9 Å². The summed E-state index contributed by atoms with van der Waals surface area (Å²) in [6.07, 6.45) is -15.9. The Morgan fingerprint density at radius 3 is 1.84 bits per heavy atom. The van der Waals surface area contributed by atoms with Crippen molar-refractivity contribution in [2.45, 2.75) is 30.9 Å². The number of nitrogens with zero attached hydrogens (tertiary/aromatic N) is 2. The minimum absolute atomic E-state index is 0.0272. The lowest BCUT2D eigenvalue weighted by atomic mass is 9.97. The molecule has 0 aliphatic carbocycles.